The van der Waals surface area contributed by atoms with Crippen molar-refractivity contribution in [2.45, 2.75) is 25.0 Å². The highest BCUT2D eigenvalue weighted by molar-refractivity contribution is 4.58. The van der Waals surface area contributed by atoms with Gasteiger partial charge in [-0.1, -0.05) is 0 Å². The normalized spacial score (nSPS) is 23.5. The molecule has 5 heteroatoms. The van der Waals surface area contributed by atoms with Crippen molar-refractivity contribution < 1.29 is 25.2 Å². The molecule has 13 heavy (non-hydrogen) atoms. The van der Waals surface area contributed by atoms with Crippen molar-refractivity contribution in [2.24, 2.45) is 0 Å². The first-order valence-corrected chi connectivity index (χ1v) is 4.36. The van der Waals surface area contributed by atoms with Gasteiger partial charge in [-0.25, -0.2) is 0 Å². The summed E-state index contributed by atoms with van der Waals surface area (Å²) in [5.41, 5.74) is 0. The second-order valence-corrected chi connectivity index (χ2v) is 2.87. The summed E-state index contributed by atoms with van der Waals surface area (Å²) in [6.07, 6.45) is 0.159. The van der Waals surface area contributed by atoms with Crippen molar-refractivity contribution >= 4 is 0 Å². The zero-order valence-electron chi connectivity index (χ0n) is 7.59. The molecule has 0 bridgehead atoms. The molecule has 1 aliphatic rings. The van der Waals surface area contributed by atoms with Crippen molar-refractivity contribution in [3.8, 4) is 0 Å². The van der Waals surface area contributed by atoms with E-state index >= 15 is 0 Å². The third-order valence-electron chi connectivity index (χ3n) is 1.58. The van der Waals surface area contributed by atoms with Crippen molar-refractivity contribution in [3.05, 3.63) is 0 Å². The minimum absolute atomic E-state index is 0.0677. The smallest absolute Gasteiger partial charge is 0.0795 e. The van der Waals surface area contributed by atoms with Crippen LogP contribution in [0.15, 0.2) is 0 Å². The highest BCUT2D eigenvalue weighted by Gasteiger charge is 2.09. The van der Waals surface area contributed by atoms with Gasteiger partial charge in [0.05, 0.1) is 25.4 Å². The molecule has 0 spiro atoms. The Bertz CT molecular complexity index is 103. The third kappa shape index (κ3) is 8.14. The topological polar surface area (TPSA) is 90.2 Å². The predicted molar refractivity (Wildman–Crippen MR) is 46.2 cm³/mol. The molecule has 1 heterocycles. The van der Waals surface area contributed by atoms with Crippen LogP contribution >= 0.6 is 0 Å². The number of ether oxygens (including phenoxy) is 1. The highest BCUT2D eigenvalue weighted by Crippen LogP contribution is 2.00. The van der Waals surface area contributed by atoms with E-state index in [1.54, 1.807) is 0 Å². The van der Waals surface area contributed by atoms with Crippen molar-refractivity contribution in [1.82, 2.24) is 0 Å². The van der Waals surface area contributed by atoms with E-state index < -0.39 is 6.10 Å². The van der Waals surface area contributed by atoms with Gasteiger partial charge in [0, 0.05) is 13.2 Å². The molecule has 1 saturated heterocycles. The van der Waals surface area contributed by atoms with Crippen LogP contribution < -0.4 is 0 Å². The molecule has 1 rings (SSSR count). The molecule has 4 N–H and O–H groups in total. The number of hydrogen-bond acceptors (Lipinski definition) is 5. The number of aliphatic hydroxyl groups excluding tert-OH is 4. The number of rotatable bonds is 3. The van der Waals surface area contributed by atoms with E-state index in [9.17, 15) is 0 Å². The van der Waals surface area contributed by atoms with E-state index in [2.05, 4.69) is 0 Å². The monoisotopic (exact) mass is 194 g/mol. The number of aliphatic hydroxyl groups is 4. The molecule has 0 aliphatic carbocycles. The SMILES string of the molecule is OCC[C@H](O)CO.O[C@H]1CCOC1. The maximum atomic E-state index is 8.60. The summed E-state index contributed by atoms with van der Waals surface area (Å²) >= 11 is 0. The number of hydrogen-bond donors (Lipinski definition) is 4. The molecule has 80 valence electrons. The van der Waals surface area contributed by atoms with Crippen LogP contribution in [0, 0.1) is 0 Å². The van der Waals surface area contributed by atoms with Gasteiger partial charge in [-0.2, -0.15) is 0 Å². The molecule has 2 atom stereocenters. The van der Waals surface area contributed by atoms with Crippen molar-refractivity contribution in [2.75, 3.05) is 26.4 Å². The van der Waals surface area contributed by atoms with Gasteiger partial charge in [-0.15, -0.1) is 0 Å². The van der Waals surface area contributed by atoms with Gasteiger partial charge in [-0.05, 0) is 12.8 Å². The second-order valence-electron chi connectivity index (χ2n) is 2.87. The fraction of sp³-hybridized carbons (Fsp3) is 1.00. The minimum Gasteiger partial charge on any atom is -0.396 e. The maximum Gasteiger partial charge on any atom is 0.0795 e. The summed E-state index contributed by atoms with van der Waals surface area (Å²) in [5, 5.41) is 33.3. The average Bonchev–Trinajstić information content (AvgIpc) is 2.57. The lowest BCUT2D eigenvalue weighted by molar-refractivity contribution is 0.0721. The zero-order chi connectivity index (χ0) is 10.1. The molecule has 0 aromatic rings. The molecule has 1 aliphatic heterocycles. The minimum atomic E-state index is -0.745. The van der Waals surface area contributed by atoms with Crippen LogP contribution in [-0.2, 0) is 4.74 Å². The zero-order valence-corrected chi connectivity index (χ0v) is 7.59. The lowest BCUT2D eigenvalue weighted by Gasteiger charge is -2.00. The molecular weight excluding hydrogens is 176 g/mol. The van der Waals surface area contributed by atoms with Gasteiger partial charge in [0.15, 0.2) is 0 Å². The van der Waals surface area contributed by atoms with Crippen LogP contribution in [0.5, 0.6) is 0 Å². The first-order chi connectivity index (χ1) is 6.20. The van der Waals surface area contributed by atoms with Crippen molar-refractivity contribution in [1.29, 1.82) is 0 Å². The van der Waals surface area contributed by atoms with Gasteiger partial charge < -0.3 is 25.2 Å². The molecular formula is C8H18O5. The first-order valence-electron chi connectivity index (χ1n) is 4.36. The molecule has 5 nitrogen and oxygen atoms in total. The Kier molecular flexibility index (Phi) is 8.27. The summed E-state index contributed by atoms with van der Waals surface area (Å²) in [6.45, 7) is 0.948. The lowest BCUT2D eigenvalue weighted by Crippen LogP contribution is -2.12. The molecule has 0 saturated carbocycles. The van der Waals surface area contributed by atoms with Gasteiger partial charge in [0.1, 0.15) is 0 Å². The quantitative estimate of drug-likeness (QED) is 0.438. The summed E-state index contributed by atoms with van der Waals surface area (Å²) in [5.74, 6) is 0. The summed E-state index contributed by atoms with van der Waals surface area (Å²) in [4.78, 5) is 0. The van der Waals surface area contributed by atoms with Gasteiger partial charge in [0.25, 0.3) is 0 Å². The van der Waals surface area contributed by atoms with Crippen LogP contribution in [0.25, 0.3) is 0 Å². The lowest BCUT2D eigenvalue weighted by atomic mass is 10.3. The second kappa shape index (κ2) is 8.40. The average molecular weight is 194 g/mol. The maximum absolute atomic E-state index is 8.60. The molecule has 1 fully saturated rings. The van der Waals surface area contributed by atoms with E-state index in [-0.39, 0.29) is 25.7 Å². The predicted octanol–water partition coefficient (Wildman–Crippen LogP) is -1.51. The Labute approximate surface area is 77.6 Å². The fourth-order valence-corrected chi connectivity index (χ4v) is 0.762. The fourth-order valence-electron chi connectivity index (χ4n) is 0.762. The largest absolute Gasteiger partial charge is 0.396 e. The Morgan fingerprint density at radius 1 is 1.38 bits per heavy atom. The van der Waals surface area contributed by atoms with E-state index in [0.717, 1.165) is 13.0 Å². The summed E-state index contributed by atoms with van der Waals surface area (Å²) in [6, 6.07) is 0. The van der Waals surface area contributed by atoms with Gasteiger partial charge in [0.2, 0.25) is 0 Å². The Balaban J connectivity index is 0.000000223. The van der Waals surface area contributed by atoms with Gasteiger partial charge in [-0.3, -0.25) is 0 Å². The van der Waals surface area contributed by atoms with Crippen LogP contribution in [-0.4, -0.2) is 59.1 Å². The van der Waals surface area contributed by atoms with E-state index in [1.165, 1.54) is 0 Å². The van der Waals surface area contributed by atoms with Crippen LogP contribution in [0.4, 0.5) is 0 Å². The first kappa shape index (κ1) is 12.8. The van der Waals surface area contributed by atoms with Crippen LogP contribution in [0.3, 0.4) is 0 Å². The van der Waals surface area contributed by atoms with Crippen LogP contribution in [0.1, 0.15) is 12.8 Å². The molecule has 0 amide bonds. The summed E-state index contributed by atoms with van der Waals surface area (Å²) in [7, 11) is 0. The summed E-state index contributed by atoms with van der Waals surface area (Å²) < 4.78 is 4.81. The standard InChI is InChI=1S/C4H10O3.C4H8O2/c5-2-1-4(7)3-6;5-4-1-2-6-3-4/h4-7H,1-3H2;4-5H,1-3H2/t2*4-/m00/s1. The Hall–Kier alpha value is -0.200. The molecule has 0 aromatic heterocycles. The van der Waals surface area contributed by atoms with Crippen molar-refractivity contribution in [3.63, 3.8) is 0 Å². The van der Waals surface area contributed by atoms with Gasteiger partial charge >= 0.3 is 0 Å². The van der Waals surface area contributed by atoms with E-state index in [0.29, 0.717) is 6.61 Å². The Morgan fingerprint density at radius 3 is 2.23 bits per heavy atom. The molecule has 0 unspecified atom stereocenters. The van der Waals surface area contributed by atoms with E-state index in [4.69, 9.17) is 25.2 Å². The third-order valence-corrected chi connectivity index (χ3v) is 1.58. The highest BCUT2D eigenvalue weighted by atomic mass is 16.5. The Morgan fingerprint density at radius 2 is 2.08 bits per heavy atom. The molecule has 0 radical (unpaired) electrons. The van der Waals surface area contributed by atoms with E-state index in [1.807, 2.05) is 0 Å². The van der Waals surface area contributed by atoms with Crippen LogP contribution in [0.2, 0.25) is 0 Å². The molecule has 0 aromatic carbocycles.